The van der Waals surface area contributed by atoms with E-state index in [9.17, 15) is 14.4 Å². The number of ketones is 2. The molecule has 3 heterocycles. The number of hydrogen-bond acceptors (Lipinski definition) is 7. The van der Waals surface area contributed by atoms with Crippen molar-refractivity contribution >= 4 is 46.4 Å². The van der Waals surface area contributed by atoms with Crippen molar-refractivity contribution in [3.63, 3.8) is 0 Å². The number of hydrogen-bond donors (Lipinski definition) is 2. The number of halogens is 1. The van der Waals surface area contributed by atoms with Gasteiger partial charge in [-0.15, -0.1) is 0 Å². The Morgan fingerprint density at radius 3 is 2.55 bits per heavy atom. The number of carbonyl (C=O) groups is 3. The fraction of sp³-hybridized carbons (Fsp3) is 0.0526. The van der Waals surface area contributed by atoms with Crippen molar-refractivity contribution in [1.82, 2.24) is 20.2 Å². The van der Waals surface area contributed by atoms with E-state index in [4.69, 9.17) is 11.6 Å². The lowest BCUT2D eigenvalue weighted by Crippen LogP contribution is -2.52. The Morgan fingerprint density at radius 1 is 0.931 bits per heavy atom. The van der Waals surface area contributed by atoms with Gasteiger partial charge in [-0.1, -0.05) is 53.1 Å². The molecule has 0 fully saturated rings. The third kappa shape index (κ3) is 1.71. The van der Waals surface area contributed by atoms with Gasteiger partial charge in [-0.2, -0.15) is 4.68 Å². The third-order valence-corrected chi connectivity index (χ3v) is 5.80. The molecule has 3 aliphatic rings. The van der Waals surface area contributed by atoms with Crippen molar-refractivity contribution in [2.75, 3.05) is 10.6 Å². The van der Waals surface area contributed by atoms with E-state index in [-0.39, 0.29) is 17.1 Å². The van der Waals surface area contributed by atoms with Crippen LogP contribution in [-0.4, -0.2) is 37.7 Å². The lowest BCUT2D eigenvalue weighted by atomic mass is 9.73. The fourth-order valence-electron chi connectivity index (χ4n) is 4.30. The maximum atomic E-state index is 13.4. The average molecular weight is 405 g/mol. The zero-order valence-electron chi connectivity index (χ0n) is 14.4. The summed E-state index contributed by atoms with van der Waals surface area (Å²) in [5, 5.41) is 17.7. The summed E-state index contributed by atoms with van der Waals surface area (Å²) in [6, 6.07) is 11.7. The van der Waals surface area contributed by atoms with Gasteiger partial charge in [-0.05, 0) is 16.5 Å². The average Bonchev–Trinajstić information content (AvgIpc) is 3.31. The smallest absolute Gasteiger partial charge is 0.262 e. The molecule has 2 N–H and O–H groups in total. The number of amides is 1. The highest BCUT2D eigenvalue weighted by Gasteiger charge is 2.61. The number of nitrogens with one attached hydrogen (secondary N) is 2. The molecular formula is C19H9ClN6O3. The molecule has 140 valence electrons. The number of fused-ring (bicyclic) bond motifs is 7. The Balaban J connectivity index is 1.80. The highest BCUT2D eigenvalue weighted by atomic mass is 35.5. The first-order chi connectivity index (χ1) is 14.0. The molecule has 3 aromatic rings. The predicted octanol–water partition coefficient (Wildman–Crippen LogP) is 1.62. The highest BCUT2D eigenvalue weighted by molar-refractivity contribution is 6.54. The van der Waals surface area contributed by atoms with Crippen LogP contribution in [-0.2, 0) is 15.1 Å². The van der Waals surface area contributed by atoms with Crippen LogP contribution in [0.15, 0.2) is 48.0 Å². The van der Waals surface area contributed by atoms with Crippen LogP contribution in [0.25, 0.3) is 5.70 Å². The quantitative estimate of drug-likeness (QED) is 0.546. The Bertz CT molecular complexity index is 1340. The number of carbonyl (C=O) groups excluding carboxylic acids is 3. The lowest BCUT2D eigenvalue weighted by molar-refractivity contribution is -0.123. The fourth-order valence-corrected chi connectivity index (χ4v) is 4.53. The third-order valence-electron chi connectivity index (χ3n) is 5.48. The molecule has 0 saturated carbocycles. The van der Waals surface area contributed by atoms with Crippen LogP contribution >= 0.6 is 11.6 Å². The zero-order chi connectivity index (χ0) is 19.9. The molecule has 2 aliphatic heterocycles. The van der Waals surface area contributed by atoms with E-state index < -0.39 is 23.0 Å². The van der Waals surface area contributed by atoms with E-state index in [2.05, 4.69) is 26.2 Å². The first-order valence-electron chi connectivity index (χ1n) is 8.64. The molecule has 0 saturated heterocycles. The molecule has 0 radical (unpaired) electrons. The monoisotopic (exact) mass is 404 g/mol. The van der Waals surface area contributed by atoms with E-state index in [1.807, 2.05) is 0 Å². The molecule has 6 rings (SSSR count). The highest BCUT2D eigenvalue weighted by Crippen LogP contribution is 2.52. The summed E-state index contributed by atoms with van der Waals surface area (Å²) in [5.74, 6) is -1.89. The normalized spacial score (nSPS) is 21.3. The summed E-state index contributed by atoms with van der Waals surface area (Å²) >= 11 is 6.30. The SMILES string of the molecule is O=C1C(=O)c2ccccc2C2=C1C1(C(=O)Nc3c(Cl)cccc31)n1nnnc1N2. The Hall–Kier alpha value is -3.85. The lowest BCUT2D eigenvalue weighted by Gasteiger charge is -2.37. The number of benzene rings is 2. The predicted molar refractivity (Wildman–Crippen MR) is 101 cm³/mol. The summed E-state index contributed by atoms with van der Waals surface area (Å²) in [6.07, 6.45) is 0. The molecule has 2 aromatic carbocycles. The maximum Gasteiger partial charge on any atom is 0.262 e. The first-order valence-corrected chi connectivity index (χ1v) is 9.02. The van der Waals surface area contributed by atoms with Gasteiger partial charge in [0.2, 0.25) is 23.1 Å². The maximum absolute atomic E-state index is 13.4. The van der Waals surface area contributed by atoms with Gasteiger partial charge in [0.25, 0.3) is 5.91 Å². The van der Waals surface area contributed by atoms with Gasteiger partial charge in [0.1, 0.15) is 0 Å². The topological polar surface area (TPSA) is 119 Å². The van der Waals surface area contributed by atoms with E-state index in [1.165, 1.54) is 4.68 Å². The molecule has 29 heavy (non-hydrogen) atoms. The molecular weight excluding hydrogens is 396 g/mol. The summed E-state index contributed by atoms with van der Waals surface area (Å²) in [4.78, 5) is 39.7. The van der Waals surface area contributed by atoms with E-state index in [1.54, 1.807) is 42.5 Å². The van der Waals surface area contributed by atoms with Crippen LogP contribution in [0.3, 0.4) is 0 Å². The van der Waals surface area contributed by atoms with Gasteiger partial charge in [-0.3, -0.25) is 14.4 Å². The second-order valence-corrected chi connectivity index (χ2v) is 7.23. The molecule has 0 bridgehead atoms. The number of tetrazole rings is 1. The number of Topliss-reactive ketones (excluding diaryl/α,β-unsaturated/α-hetero) is 2. The summed E-state index contributed by atoms with van der Waals surface area (Å²) in [6.45, 7) is 0. The van der Waals surface area contributed by atoms with Gasteiger partial charge in [-0.25, -0.2) is 0 Å². The number of aromatic nitrogens is 4. The minimum absolute atomic E-state index is 0.0282. The van der Waals surface area contributed by atoms with Gasteiger partial charge in [0.05, 0.1) is 22.0 Å². The minimum atomic E-state index is -1.75. The van der Waals surface area contributed by atoms with Crippen molar-refractivity contribution < 1.29 is 14.4 Å². The standard InChI is InChI=1S/C19H9ClN6O3/c20-11-7-3-6-10-14(11)21-17(29)19(10)12-13(22-18-23-24-25-26(18)19)8-4-1-2-5-9(8)15(27)16(12)28/h1-7H,(H,21,29)(H,22,23,25). The van der Waals surface area contributed by atoms with E-state index in [0.717, 1.165) is 0 Å². The molecule has 1 atom stereocenters. The Morgan fingerprint density at radius 2 is 1.72 bits per heavy atom. The van der Waals surface area contributed by atoms with E-state index >= 15 is 0 Å². The van der Waals surface area contributed by atoms with Crippen molar-refractivity contribution in [3.8, 4) is 0 Å². The first kappa shape index (κ1) is 16.1. The van der Waals surface area contributed by atoms with Gasteiger partial charge in [0, 0.05) is 16.7 Å². The van der Waals surface area contributed by atoms with Crippen molar-refractivity contribution in [1.29, 1.82) is 0 Å². The molecule has 1 aliphatic carbocycles. The van der Waals surface area contributed by atoms with Crippen LogP contribution < -0.4 is 10.6 Å². The minimum Gasteiger partial charge on any atom is -0.322 e. The van der Waals surface area contributed by atoms with Gasteiger partial charge >= 0.3 is 0 Å². The second kappa shape index (κ2) is 5.15. The number of para-hydroxylation sites is 1. The van der Waals surface area contributed by atoms with Crippen LogP contribution in [0, 0.1) is 0 Å². The van der Waals surface area contributed by atoms with Gasteiger partial charge in [0.15, 0.2) is 0 Å². The largest absolute Gasteiger partial charge is 0.322 e. The molecule has 1 aromatic heterocycles. The molecule has 9 nitrogen and oxygen atoms in total. The number of nitrogens with zero attached hydrogens (tertiary/aromatic N) is 4. The van der Waals surface area contributed by atoms with Crippen molar-refractivity contribution in [2.24, 2.45) is 0 Å². The Labute approximate surface area is 167 Å². The van der Waals surface area contributed by atoms with Crippen LogP contribution in [0.4, 0.5) is 11.6 Å². The molecule has 1 amide bonds. The van der Waals surface area contributed by atoms with Crippen LogP contribution in [0.5, 0.6) is 0 Å². The molecule has 10 heteroatoms. The van der Waals surface area contributed by atoms with Crippen LogP contribution in [0.1, 0.15) is 21.5 Å². The van der Waals surface area contributed by atoms with Crippen molar-refractivity contribution in [3.05, 3.63) is 69.8 Å². The summed E-state index contributed by atoms with van der Waals surface area (Å²) in [5.41, 5.74) is 0.0648. The summed E-state index contributed by atoms with van der Waals surface area (Å²) < 4.78 is 1.22. The van der Waals surface area contributed by atoms with Gasteiger partial charge < -0.3 is 10.6 Å². The molecule has 1 unspecified atom stereocenters. The Kier molecular flexibility index (Phi) is 2.86. The number of anilines is 2. The number of rotatable bonds is 0. The second-order valence-electron chi connectivity index (χ2n) is 6.82. The van der Waals surface area contributed by atoms with Crippen LogP contribution in [0.2, 0.25) is 5.02 Å². The van der Waals surface area contributed by atoms with Crippen molar-refractivity contribution in [2.45, 2.75) is 5.54 Å². The summed E-state index contributed by atoms with van der Waals surface area (Å²) in [7, 11) is 0. The molecule has 1 spiro atoms. The zero-order valence-corrected chi connectivity index (χ0v) is 15.2. The van der Waals surface area contributed by atoms with E-state index in [0.29, 0.717) is 27.5 Å².